The SMILES string of the molecule is N=C(N)c1ccccc1C1=NN=NC1=O. The van der Waals surface area contributed by atoms with Crippen molar-refractivity contribution < 1.29 is 4.79 Å². The minimum absolute atomic E-state index is 0.118. The zero-order chi connectivity index (χ0) is 10.8. The summed E-state index contributed by atoms with van der Waals surface area (Å²) in [6, 6.07) is 6.76. The molecular weight excluding hydrogens is 194 g/mol. The van der Waals surface area contributed by atoms with Crippen LogP contribution in [0.25, 0.3) is 0 Å². The van der Waals surface area contributed by atoms with E-state index in [2.05, 4.69) is 15.4 Å². The third kappa shape index (κ3) is 1.52. The van der Waals surface area contributed by atoms with Crippen LogP contribution in [0.5, 0.6) is 0 Å². The van der Waals surface area contributed by atoms with Gasteiger partial charge in [0.05, 0.1) is 0 Å². The molecule has 1 aliphatic rings. The largest absolute Gasteiger partial charge is 0.384 e. The van der Waals surface area contributed by atoms with Crippen molar-refractivity contribution in [2.24, 2.45) is 21.2 Å². The molecule has 3 N–H and O–H groups in total. The van der Waals surface area contributed by atoms with Gasteiger partial charge in [-0.25, -0.2) is 0 Å². The van der Waals surface area contributed by atoms with Gasteiger partial charge in [-0.15, -0.1) is 5.10 Å². The molecule has 0 atom stereocenters. The van der Waals surface area contributed by atoms with Crippen molar-refractivity contribution in [2.75, 3.05) is 0 Å². The molecule has 1 aromatic carbocycles. The summed E-state index contributed by atoms with van der Waals surface area (Å²) in [5.74, 6) is -0.628. The third-order valence-electron chi connectivity index (χ3n) is 1.96. The molecule has 2 rings (SSSR count). The quantitative estimate of drug-likeness (QED) is 0.542. The van der Waals surface area contributed by atoms with Gasteiger partial charge >= 0.3 is 5.91 Å². The van der Waals surface area contributed by atoms with E-state index in [9.17, 15) is 4.79 Å². The Hall–Kier alpha value is -2.37. The minimum Gasteiger partial charge on any atom is -0.384 e. The van der Waals surface area contributed by atoms with Crippen LogP contribution in [0.3, 0.4) is 0 Å². The number of amidine groups is 1. The van der Waals surface area contributed by atoms with E-state index in [1.807, 2.05) is 0 Å². The number of rotatable bonds is 2. The highest BCUT2D eigenvalue weighted by Crippen LogP contribution is 2.13. The average molecular weight is 201 g/mol. The van der Waals surface area contributed by atoms with Crippen molar-refractivity contribution in [2.45, 2.75) is 0 Å². The number of nitrogens with zero attached hydrogens (tertiary/aromatic N) is 3. The summed E-state index contributed by atoms with van der Waals surface area (Å²) in [6.45, 7) is 0. The number of amides is 1. The number of hydrogen-bond acceptors (Lipinski definition) is 4. The molecular formula is C9H7N5O. The van der Waals surface area contributed by atoms with Crippen LogP contribution in [0, 0.1) is 5.41 Å². The van der Waals surface area contributed by atoms with E-state index in [0.717, 1.165) is 0 Å². The summed E-state index contributed by atoms with van der Waals surface area (Å²) in [6.07, 6.45) is 0. The van der Waals surface area contributed by atoms with Gasteiger partial charge in [-0.05, 0) is 5.22 Å². The van der Waals surface area contributed by atoms with E-state index in [1.165, 1.54) is 0 Å². The Bertz CT molecular complexity index is 503. The van der Waals surface area contributed by atoms with Crippen LogP contribution in [0.1, 0.15) is 11.1 Å². The topological polar surface area (TPSA) is 104 Å². The fourth-order valence-electron chi connectivity index (χ4n) is 1.29. The highest BCUT2D eigenvalue weighted by molar-refractivity contribution is 6.47. The zero-order valence-corrected chi connectivity index (χ0v) is 7.64. The molecule has 0 saturated heterocycles. The van der Waals surface area contributed by atoms with Crippen LogP contribution in [0.15, 0.2) is 39.7 Å². The number of nitrogens with two attached hydrogens (primary N) is 1. The summed E-state index contributed by atoms with van der Waals surface area (Å²) in [4.78, 5) is 11.2. The lowest BCUT2D eigenvalue weighted by Gasteiger charge is -2.04. The maximum absolute atomic E-state index is 11.2. The van der Waals surface area contributed by atoms with Gasteiger partial charge in [0.15, 0.2) is 5.71 Å². The summed E-state index contributed by atoms with van der Waals surface area (Å²) in [7, 11) is 0. The molecule has 1 amide bonds. The summed E-state index contributed by atoms with van der Waals surface area (Å²) < 4.78 is 0. The monoisotopic (exact) mass is 201 g/mol. The Balaban J connectivity index is 2.54. The number of carbonyl (C=O) groups is 1. The number of benzene rings is 1. The Morgan fingerprint density at radius 1 is 1.33 bits per heavy atom. The van der Waals surface area contributed by atoms with Crippen LogP contribution >= 0.6 is 0 Å². The molecule has 0 unspecified atom stereocenters. The van der Waals surface area contributed by atoms with E-state index in [1.54, 1.807) is 24.3 Å². The number of nitrogens with one attached hydrogen (secondary N) is 1. The summed E-state index contributed by atoms with van der Waals surface area (Å²) in [5.41, 5.74) is 6.45. The number of hydrogen-bond donors (Lipinski definition) is 2. The van der Waals surface area contributed by atoms with Crippen molar-refractivity contribution in [3.05, 3.63) is 35.4 Å². The smallest absolute Gasteiger partial charge is 0.318 e. The first-order valence-electron chi connectivity index (χ1n) is 4.17. The molecule has 1 heterocycles. The first-order chi connectivity index (χ1) is 7.20. The van der Waals surface area contributed by atoms with E-state index in [0.29, 0.717) is 11.1 Å². The second-order valence-corrected chi connectivity index (χ2v) is 2.90. The van der Waals surface area contributed by atoms with E-state index < -0.39 is 5.91 Å². The highest BCUT2D eigenvalue weighted by atomic mass is 16.2. The van der Waals surface area contributed by atoms with Gasteiger partial charge in [-0.3, -0.25) is 10.2 Å². The molecule has 0 spiro atoms. The predicted molar refractivity (Wildman–Crippen MR) is 53.9 cm³/mol. The summed E-state index contributed by atoms with van der Waals surface area (Å²) in [5, 5.41) is 17.5. The van der Waals surface area contributed by atoms with Gasteiger partial charge in [0, 0.05) is 11.1 Å². The van der Waals surface area contributed by atoms with Gasteiger partial charge in [0.1, 0.15) is 5.84 Å². The van der Waals surface area contributed by atoms with Crippen molar-refractivity contribution in [3.63, 3.8) is 0 Å². The molecule has 6 heteroatoms. The second-order valence-electron chi connectivity index (χ2n) is 2.90. The average Bonchev–Trinajstić information content (AvgIpc) is 2.64. The molecule has 0 radical (unpaired) electrons. The molecule has 74 valence electrons. The van der Waals surface area contributed by atoms with Crippen LogP contribution in [-0.4, -0.2) is 17.5 Å². The predicted octanol–water partition coefficient (Wildman–Crippen LogP) is 0.667. The standard InChI is InChI=1S/C9H7N5O/c10-8(11)6-4-2-1-3-5(6)7-9(15)13-14-12-7/h1-4H,(H3,10,11). The maximum Gasteiger partial charge on any atom is 0.318 e. The first-order valence-corrected chi connectivity index (χ1v) is 4.17. The molecule has 1 aliphatic heterocycles. The number of carbonyl (C=O) groups excluding carboxylic acids is 1. The molecule has 6 nitrogen and oxygen atoms in total. The molecule has 0 fully saturated rings. The molecule has 0 bridgehead atoms. The fourth-order valence-corrected chi connectivity index (χ4v) is 1.29. The van der Waals surface area contributed by atoms with Crippen molar-refractivity contribution >= 4 is 17.5 Å². The second kappa shape index (κ2) is 3.41. The lowest BCUT2D eigenvalue weighted by molar-refractivity contribution is -0.111. The van der Waals surface area contributed by atoms with Gasteiger partial charge in [0.25, 0.3) is 0 Å². The third-order valence-corrected chi connectivity index (χ3v) is 1.96. The van der Waals surface area contributed by atoms with Crippen LogP contribution in [-0.2, 0) is 4.79 Å². The zero-order valence-electron chi connectivity index (χ0n) is 7.64. The highest BCUT2D eigenvalue weighted by Gasteiger charge is 2.21. The van der Waals surface area contributed by atoms with Crippen LogP contribution in [0.2, 0.25) is 0 Å². The van der Waals surface area contributed by atoms with E-state index >= 15 is 0 Å². The van der Waals surface area contributed by atoms with Gasteiger partial charge in [-0.1, -0.05) is 29.4 Å². The minimum atomic E-state index is -0.510. The van der Waals surface area contributed by atoms with E-state index in [4.69, 9.17) is 11.1 Å². The van der Waals surface area contributed by atoms with Crippen molar-refractivity contribution in [1.82, 2.24) is 0 Å². The Labute approximate surface area is 85.0 Å². The molecule has 0 aromatic heterocycles. The molecule has 0 aliphatic carbocycles. The summed E-state index contributed by atoms with van der Waals surface area (Å²) >= 11 is 0. The first kappa shape index (κ1) is 9.20. The molecule has 15 heavy (non-hydrogen) atoms. The van der Waals surface area contributed by atoms with Gasteiger partial charge in [0.2, 0.25) is 0 Å². The van der Waals surface area contributed by atoms with Crippen LogP contribution < -0.4 is 5.73 Å². The van der Waals surface area contributed by atoms with Crippen molar-refractivity contribution in [1.29, 1.82) is 5.41 Å². The van der Waals surface area contributed by atoms with E-state index in [-0.39, 0.29) is 11.5 Å². The number of nitrogen functional groups attached to an aromatic ring is 1. The molecule has 1 aromatic rings. The van der Waals surface area contributed by atoms with Crippen molar-refractivity contribution in [3.8, 4) is 0 Å². The Kier molecular flexibility index (Phi) is 2.09. The molecule has 0 saturated carbocycles. The van der Waals surface area contributed by atoms with Gasteiger partial charge < -0.3 is 5.73 Å². The van der Waals surface area contributed by atoms with Crippen LogP contribution in [0.4, 0.5) is 0 Å². The lowest BCUT2D eigenvalue weighted by Crippen LogP contribution is -2.19. The Morgan fingerprint density at radius 3 is 2.67 bits per heavy atom. The Morgan fingerprint density at radius 2 is 2.07 bits per heavy atom. The fraction of sp³-hybridized carbons (Fsp3) is 0. The normalized spacial score (nSPS) is 14.1. The van der Waals surface area contributed by atoms with Gasteiger partial charge in [-0.2, -0.15) is 0 Å². The maximum atomic E-state index is 11.2. The lowest BCUT2D eigenvalue weighted by atomic mass is 10.0.